The number of nitrogens with one attached hydrogen (secondary N) is 2. The molecule has 0 saturated carbocycles. The molecular formula is C39H42N4O8. The molecule has 2 unspecified atom stereocenters. The number of fused-ring (bicyclic) bond motifs is 11. The molecule has 1 aliphatic carbocycles. The lowest BCUT2D eigenvalue weighted by atomic mass is 9.64. The van der Waals surface area contributed by atoms with Gasteiger partial charge in [-0.05, 0) is 85.4 Å². The van der Waals surface area contributed by atoms with Crippen LogP contribution >= 0.6 is 0 Å². The number of carboxylic acid groups (broad SMARTS) is 1. The maximum absolute atomic E-state index is 12.7. The summed E-state index contributed by atoms with van der Waals surface area (Å²) in [4.78, 5) is 63.3. The Morgan fingerprint density at radius 3 is 2.31 bits per heavy atom. The number of H-pyrrole nitrogens is 2. The Hall–Kier alpha value is -5.14. The Bertz CT molecular complexity index is 2210. The van der Waals surface area contributed by atoms with E-state index in [0.717, 1.165) is 61.0 Å². The first-order valence-electron chi connectivity index (χ1n) is 16.6. The zero-order chi connectivity index (χ0) is 36.6. The molecule has 51 heavy (non-hydrogen) atoms. The minimum Gasteiger partial charge on any atom is -0.478 e. The van der Waals surface area contributed by atoms with E-state index in [1.807, 2.05) is 52.0 Å². The number of aromatic nitrogens is 4. The molecule has 3 aromatic rings. The summed E-state index contributed by atoms with van der Waals surface area (Å²) in [5.74, 6) is -2.10. The highest BCUT2D eigenvalue weighted by Gasteiger charge is 2.50. The van der Waals surface area contributed by atoms with Crippen LogP contribution in [0.2, 0.25) is 0 Å². The van der Waals surface area contributed by atoms with Crippen LogP contribution < -0.4 is 0 Å². The van der Waals surface area contributed by atoms with E-state index in [1.165, 1.54) is 21.3 Å². The van der Waals surface area contributed by atoms with Gasteiger partial charge < -0.3 is 19.8 Å². The summed E-state index contributed by atoms with van der Waals surface area (Å²) < 4.78 is 5.08. The number of carbonyl (C=O) groups is 2. The first-order valence-corrected chi connectivity index (χ1v) is 16.6. The highest BCUT2D eigenvalue weighted by Crippen LogP contribution is 2.52. The van der Waals surface area contributed by atoms with Crippen molar-refractivity contribution in [3.63, 3.8) is 0 Å². The second kappa shape index (κ2) is 14.2. The normalized spacial score (nSPS) is 18.3. The molecule has 0 amide bonds. The molecule has 3 N–H and O–H groups in total. The lowest BCUT2D eigenvalue weighted by Gasteiger charge is -2.37. The number of hydrogen-bond donors (Lipinski definition) is 3. The van der Waals surface area contributed by atoms with Gasteiger partial charge in [-0.1, -0.05) is 24.8 Å². The molecule has 5 heterocycles. The highest BCUT2D eigenvalue weighted by atomic mass is 17.2. The van der Waals surface area contributed by atoms with Crippen LogP contribution in [0.15, 0.2) is 48.6 Å². The number of rotatable bonds is 11. The van der Waals surface area contributed by atoms with Crippen LogP contribution in [0.1, 0.15) is 65.3 Å². The van der Waals surface area contributed by atoms with E-state index in [4.69, 9.17) is 34.3 Å². The van der Waals surface area contributed by atoms with Gasteiger partial charge in [0, 0.05) is 51.0 Å². The Morgan fingerprint density at radius 2 is 1.63 bits per heavy atom. The van der Waals surface area contributed by atoms with Crippen LogP contribution in [0.25, 0.3) is 44.9 Å². The summed E-state index contributed by atoms with van der Waals surface area (Å²) in [5.41, 5.74) is 11.3. The van der Waals surface area contributed by atoms with Crippen molar-refractivity contribution in [1.29, 1.82) is 0 Å². The van der Waals surface area contributed by atoms with Crippen LogP contribution in [0.4, 0.5) is 0 Å². The molecule has 8 bridgehead atoms. The van der Waals surface area contributed by atoms with Gasteiger partial charge in [0.15, 0.2) is 0 Å². The molecule has 3 aliphatic rings. The monoisotopic (exact) mass is 694 g/mol. The molecule has 2 atom stereocenters. The summed E-state index contributed by atoms with van der Waals surface area (Å²) in [6.45, 7) is 12.4. The fraction of sp³-hybridized carbons (Fsp3) is 0.333. The van der Waals surface area contributed by atoms with Crippen LogP contribution in [-0.4, -0.2) is 71.5 Å². The van der Waals surface area contributed by atoms with Crippen molar-refractivity contribution in [2.24, 2.45) is 5.92 Å². The number of allylic oxidation sites excluding steroid dienone is 4. The number of hydrogen-bond acceptors (Lipinski definition) is 9. The zero-order valence-electron chi connectivity index (χ0n) is 29.9. The van der Waals surface area contributed by atoms with E-state index in [-0.39, 0.29) is 18.6 Å². The van der Waals surface area contributed by atoms with E-state index in [1.54, 1.807) is 12.2 Å². The van der Waals surface area contributed by atoms with E-state index in [0.29, 0.717) is 35.8 Å². The molecular weight excluding hydrogens is 652 g/mol. The summed E-state index contributed by atoms with van der Waals surface area (Å²) in [5, 5.41) is 10.3. The van der Waals surface area contributed by atoms with Crippen molar-refractivity contribution in [3.05, 3.63) is 93.6 Å². The molecule has 266 valence electrons. The van der Waals surface area contributed by atoms with E-state index in [9.17, 15) is 14.7 Å². The summed E-state index contributed by atoms with van der Waals surface area (Å²) in [7, 11) is 4.24. The second-order valence-electron chi connectivity index (χ2n) is 12.9. The summed E-state index contributed by atoms with van der Waals surface area (Å²) in [6.07, 6.45) is 5.79. The largest absolute Gasteiger partial charge is 0.478 e. The average molecular weight is 695 g/mol. The third-order valence-electron chi connectivity index (χ3n) is 10.3. The van der Waals surface area contributed by atoms with Gasteiger partial charge in [0.2, 0.25) is 0 Å². The number of nitrogens with zero attached hydrogens (tertiary/aromatic N) is 2. The van der Waals surface area contributed by atoms with Crippen LogP contribution in [-0.2, 0) is 45.7 Å². The average Bonchev–Trinajstić information content (AvgIpc) is 3.76. The molecule has 0 aromatic carbocycles. The number of aromatic amines is 2. The van der Waals surface area contributed by atoms with E-state index >= 15 is 0 Å². The standard InChI is InChI=1S/C39H42N4O8/c1-9-23-20(2)29-15-30-21(3)24(12-13-50-48-7)32(40-30)17-33-26(14-37(44)47-6)22(4)31(41-33)16-35-27-11-10-25(38(45)46)28(19-51-49-8)39(27,5)36(43-35)18-34(23)42-29/h9-11,15-18,28,40,42H,1,12-14,19H2,2-8H3,(H,45,46). The van der Waals surface area contributed by atoms with E-state index < -0.39 is 23.3 Å². The van der Waals surface area contributed by atoms with Gasteiger partial charge in [0.1, 0.15) is 0 Å². The molecule has 0 spiro atoms. The van der Waals surface area contributed by atoms with Crippen LogP contribution in [0, 0.1) is 19.8 Å². The van der Waals surface area contributed by atoms with Gasteiger partial charge in [-0.15, -0.1) is 0 Å². The lowest BCUT2D eigenvalue weighted by molar-refractivity contribution is -0.279. The van der Waals surface area contributed by atoms with Gasteiger partial charge >= 0.3 is 11.9 Å². The Balaban J connectivity index is 1.76. The van der Waals surface area contributed by atoms with Gasteiger partial charge in [-0.3, -0.25) is 9.78 Å². The molecule has 0 fully saturated rings. The summed E-state index contributed by atoms with van der Waals surface area (Å²) >= 11 is 0. The zero-order valence-corrected chi connectivity index (χ0v) is 29.9. The Morgan fingerprint density at radius 1 is 0.902 bits per heavy atom. The van der Waals surface area contributed by atoms with Crippen LogP contribution in [0.3, 0.4) is 0 Å². The number of methoxy groups -OCH3 is 1. The predicted octanol–water partition coefficient (Wildman–Crippen LogP) is 6.75. The third-order valence-corrected chi connectivity index (χ3v) is 10.3. The second-order valence-corrected chi connectivity index (χ2v) is 12.9. The quantitative estimate of drug-likeness (QED) is 0.0849. The maximum atomic E-state index is 12.7. The molecule has 0 radical (unpaired) electrons. The Kier molecular flexibility index (Phi) is 9.96. The van der Waals surface area contributed by atoms with Crippen molar-refractivity contribution >= 4 is 56.8 Å². The number of carbonyl (C=O) groups excluding carboxylic acids is 1. The minimum absolute atomic E-state index is 0.0173. The predicted molar refractivity (Wildman–Crippen MR) is 194 cm³/mol. The number of ether oxygens (including phenoxy) is 1. The maximum Gasteiger partial charge on any atom is 0.331 e. The lowest BCUT2D eigenvalue weighted by Crippen LogP contribution is -2.39. The number of esters is 1. The highest BCUT2D eigenvalue weighted by molar-refractivity contribution is 5.99. The Labute approximate surface area is 295 Å². The van der Waals surface area contributed by atoms with E-state index in [2.05, 4.69) is 22.6 Å². The third kappa shape index (κ3) is 6.25. The fourth-order valence-corrected chi connectivity index (χ4v) is 7.38. The van der Waals surface area contributed by atoms with Crippen molar-refractivity contribution in [1.82, 2.24) is 19.9 Å². The van der Waals surface area contributed by atoms with Gasteiger partial charge in [-0.25, -0.2) is 29.3 Å². The first kappa shape index (κ1) is 35.7. The smallest absolute Gasteiger partial charge is 0.331 e. The molecule has 12 nitrogen and oxygen atoms in total. The number of carboxylic acids is 1. The first-order chi connectivity index (χ1) is 24.5. The molecule has 6 rings (SSSR count). The van der Waals surface area contributed by atoms with Crippen molar-refractivity contribution in [3.8, 4) is 0 Å². The molecule has 3 aromatic heterocycles. The molecule has 0 saturated heterocycles. The van der Waals surface area contributed by atoms with Gasteiger partial charge in [-0.2, -0.15) is 0 Å². The van der Waals surface area contributed by atoms with Gasteiger partial charge in [0.25, 0.3) is 0 Å². The minimum atomic E-state index is -1.05. The number of aliphatic carboxylic acids is 1. The topological polar surface area (TPSA) is 158 Å². The fourth-order valence-electron chi connectivity index (χ4n) is 7.38. The molecule has 2 aliphatic heterocycles. The van der Waals surface area contributed by atoms with Gasteiger partial charge in [0.05, 0.1) is 63.7 Å². The SMILES string of the molecule is C=Cc1c(C)c2cc3[nH]c(cc4nc(cc5nc(cc1[nH]2)C1(C)C5=CC=C(C(=O)O)C1COOC)C(C)=C4CC(=O)OC)c(CCOOC)c3C. The van der Waals surface area contributed by atoms with Crippen LogP contribution in [0.5, 0.6) is 0 Å². The van der Waals surface area contributed by atoms with Crippen molar-refractivity contribution < 1.29 is 39.0 Å². The molecule has 12 heteroatoms. The van der Waals surface area contributed by atoms with Crippen molar-refractivity contribution in [2.45, 2.75) is 46.0 Å². The summed E-state index contributed by atoms with van der Waals surface area (Å²) in [6, 6.07) is 7.86. The number of aryl methyl sites for hydroxylation is 2. The van der Waals surface area contributed by atoms with Crippen molar-refractivity contribution in [2.75, 3.05) is 34.5 Å².